The number of aromatic nitrogens is 4. The van der Waals surface area contributed by atoms with E-state index in [9.17, 15) is 9.59 Å². The van der Waals surface area contributed by atoms with E-state index in [-0.39, 0.29) is 11.3 Å². The molecule has 0 bridgehead atoms. The van der Waals surface area contributed by atoms with Crippen molar-refractivity contribution < 1.29 is 9.59 Å². The second-order valence-corrected chi connectivity index (χ2v) is 6.88. The number of nitrogens with two attached hydrogens (primary N) is 1. The summed E-state index contributed by atoms with van der Waals surface area (Å²) in [6.45, 7) is 2.23. The summed E-state index contributed by atoms with van der Waals surface area (Å²) in [7, 11) is 0. The van der Waals surface area contributed by atoms with Gasteiger partial charge >= 0.3 is 0 Å². The van der Waals surface area contributed by atoms with Gasteiger partial charge in [0.15, 0.2) is 5.82 Å². The second-order valence-electron chi connectivity index (χ2n) is 6.88. The fourth-order valence-electron chi connectivity index (χ4n) is 3.15. The number of hydrogen-bond donors (Lipinski definition) is 2. The molecule has 2 aromatic carbocycles. The van der Waals surface area contributed by atoms with Gasteiger partial charge in [-0.3, -0.25) is 9.59 Å². The van der Waals surface area contributed by atoms with Crippen LogP contribution in [0.4, 0.5) is 5.82 Å². The molecular weight excluding hydrogens is 394 g/mol. The van der Waals surface area contributed by atoms with Crippen LogP contribution in [0, 0.1) is 18.3 Å². The van der Waals surface area contributed by atoms with Crippen LogP contribution in [0.25, 0.3) is 10.9 Å². The Labute approximate surface area is 177 Å². The van der Waals surface area contributed by atoms with Crippen molar-refractivity contribution in [2.24, 2.45) is 5.73 Å². The Morgan fingerprint density at radius 1 is 1.16 bits per heavy atom. The number of fused-ring (bicyclic) bond motifs is 1. The first-order chi connectivity index (χ1) is 15.0. The average molecular weight is 411 g/mol. The third kappa shape index (κ3) is 3.95. The van der Waals surface area contributed by atoms with Gasteiger partial charge in [-0.25, -0.2) is 9.67 Å². The molecule has 0 fully saturated rings. The number of carbonyl (C=O) groups is 2. The van der Waals surface area contributed by atoms with Gasteiger partial charge in [0.2, 0.25) is 0 Å². The lowest BCUT2D eigenvalue weighted by atomic mass is 10.1. The van der Waals surface area contributed by atoms with E-state index in [1.165, 1.54) is 6.07 Å². The van der Waals surface area contributed by atoms with E-state index in [1.54, 1.807) is 48.0 Å². The number of nitriles is 1. The number of carbonyl (C=O) groups excluding carboxylic acids is 2. The van der Waals surface area contributed by atoms with Gasteiger partial charge in [0.05, 0.1) is 35.0 Å². The van der Waals surface area contributed by atoms with E-state index >= 15 is 0 Å². The van der Waals surface area contributed by atoms with Crippen molar-refractivity contribution in [1.29, 1.82) is 5.26 Å². The molecule has 3 N–H and O–H groups in total. The van der Waals surface area contributed by atoms with Crippen molar-refractivity contribution in [2.75, 3.05) is 5.32 Å². The van der Waals surface area contributed by atoms with Crippen LogP contribution in [-0.2, 0) is 6.54 Å². The lowest BCUT2D eigenvalue weighted by molar-refractivity contribution is 0.0996. The van der Waals surface area contributed by atoms with Crippen LogP contribution < -0.4 is 11.1 Å². The van der Waals surface area contributed by atoms with Crippen LogP contribution in [0.1, 0.15) is 37.7 Å². The molecule has 31 heavy (non-hydrogen) atoms. The molecule has 0 saturated carbocycles. The summed E-state index contributed by atoms with van der Waals surface area (Å²) in [5.41, 5.74) is 8.30. The molecular formula is C22H17N7O2. The molecule has 0 aliphatic heterocycles. The Morgan fingerprint density at radius 3 is 2.61 bits per heavy atom. The monoisotopic (exact) mass is 411 g/mol. The van der Waals surface area contributed by atoms with E-state index in [2.05, 4.69) is 26.7 Å². The molecule has 152 valence electrons. The van der Waals surface area contributed by atoms with Gasteiger partial charge in [0, 0.05) is 5.39 Å². The minimum atomic E-state index is -0.718. The number of hydrogen-bond acceptors (Lipinski definition) is 6. The molecule has 0 saturated heterocycles. The molecule has 0 unspecified atom stereocenters. The van der Waals surface area contributed by atoms with Gasteiger partial charge in [-0.15, -0.1) is 5.10 Å². The number of rotatable bonds is 5. The highest BCUT2D eigenvalue weighted by Gasteiger charge is 2.18. The Hall–Kier alpha value is -4.58. The van der Waals surface area contributed by atoms with Crippen LogP contribution >= 0.6 is 0 Å². The number of nitrogens with one attached hydrogen (secondary N) is 1. The lowest BCUT2D eigenvalue weighted by Crippen LogP contribution is -2.18. The average Bonchev–Trinajstić information content (AvgIpc) is 3.12. The first-order valence-electron chi connectivity index (χ1n) is 9.36. The van der Waals surface area contributed by atoms with E-state index in [0.29, 0.717) is 34.5 Å². The van der Waals surface area contributed by atoms with Crippen molar-refractivity contribution in [3.05, 3.63) is 82.7 Å². The Morgan fingerprint density at radius 2 is 1.90 bits per heavy atom. The van der Waals surface area contributed by atoms with Gasteiger partial charge in [-0.1, -0.05) is 35.5 Å². The molecule has 4 rings (SSSR count). The van der Waals surface area contributed by atoms with Gasteiger partial charge in [0.1, 0.15) is 5.69 Å². The minimum absolute atomic E-state index is 0.00467. The highest BCUT2D eigenvalue weighted by Crippen LogP contribution is 2.21. The quantitative estimate of drug-likeness (QED) is 0.517. The molecule has 2 aromatic heterocycles. The molecule has 0 spiro atoms. The highest BCUT2D eigenvalue weighted by molar-refractivity contribution is 6.13. The predicted octanol–water partition coefficient (Wildman–Crippen LogP) is 2.41. The molecule has 0 atom stereocenters. The van der Waals surface area contributed by atoms with Crippen LogP contribution in [0.3, 0.4) is 0 Å². The topological polar surface area (TPSA) is 140 Å². The number of amides is 2. The maximum Gasteiger partial charge on any atom is 0.267 e. The summed E-state index contributed by atoms with van der Waals surface area (Å²) in [4.78, 5) is 28.8. The van der Waals surface area contributed by atoms with E-state index < -0.39 is 11.8 Å². The van der Waals surface area contributed by atoms with Crippen LogP contribution in [0.2, 0.25) is 0 Å². The molecule has 2 amide bonds. The highest BCUT2D eigenvalue weighted by atomic mass is 16.2. The molecule has 9 heteroatoms. The standard InChI is InChI=1S/C22H17N7O2/c1-13-21(27-28-29(13)12-15-8-6-14(11-23)7-9-15)26-22(31)17-10-19(20(24)30)25-18-5-3-2-4-16(17)18/h2-10H,12H2,1H3,(H2,24,30)(H,26,31). The number of anilines is 1. The first-order valence-corrected chi connectivity index (χ1v) is 9.36. The zero-order valence-electron chi connectivity index (χ0n) is 16.5. The maximum absolute atomic E-state index is 13.0. The zero-order valence-corrected chi connectivity index (χ0v) is 16.5. The normalized spacial score (nSPS) is 10.6. The van der Waals surface area contributed by atoms with Crippen LogP contribution in [-0.4, -0.2) is 31.8 Å². The van der Waals surface area contributed by atoms with Crippen molar-refractivity contribution >= 4 is 28.5 Å². The zero-order chi connectivity index (χ0) is 22.0. The van der Waals surface area contributed by atoms with Gasteiger partial charge in [-0.2, -0.15) is 5.26 Å². The first kappa shape index (κ1) is 19.7. The van der Waals surface area contributed by atoms with Crippen molar-refractivity contribution in [3.8, 4) is 6.07 Å². The molecule has 0 aliphatic rings. The fourth-order valence-corrected chi connectivity index (χ4v) is 3.15. The number of para-hydroxylation sites is 1. The second kappa shape index (κ2) is 8.04. The summed E-state index contributed by atoms with van der Waals surface area (Å²) in [5, 5.41) is 20.4. The third-order valence-electron chi connectivity index (χ3n) is 4.84. The minimum Gasteiger partial charge on any atom is -0.364 e. The molecule has 0 radical (unpaired) electrons. The molecule has 0 aliphatic carbocycles. The molecule has 2 heterocycles. The van der Waals surface area contributed by atoms with Crippen molar-refractivity contribution in [2.45, 2.75) is 13.5 Å². The van der Waals surface area contributed by atoms with E-state index in [0.717, 1.165) is 5.56 Å². The smallest absolute Gasteiger partial charge is 0.267 e. The van der Waals surface area contributed by atoms with Gasteiger partial charge in [-0.05, 0) is 36.8 Å². The summed E-state index contributed by atoms with van der Waals surface area (Å²) in [5.74, 6) is -0.862. The van der Waals surface area contributed by atoms with Crippen LogP contribution in [0.15, 0.2) is 54.6 Å². The number of nitrogens with zero attached hydrogens (tertiary/aromatic N) is 5. The molecule has 9 nitrogen and oxygen atoms in total. The maximum atomic E-state index is 13.0. The van der Waals surface area contributed by atoms with E-state index in [4.69, 9.17) is 11.0 Å². The third-order valence-corrected chi connectivity index (χ3v) is 4.84. The Balaban J connectivity index is 1.61. The summed E-state index contributed by atoms with van der Waals surface area (Å²) >= 11 is 0. The number of benzene rings is 2. The predicted molar refractivity (Wildman–Crippen MR) is 113 cm³/mol. The SMILES string of the molecule is Cc1c(NC(=O)c2cc(C(N)=O)nc3ccccc23)nnn1Cc1ccc(C#N)cc1. The van der Waals surface area contributed by atoms with Crippen LogP contribution in [0.5, 0.6) is 0 Å². The summed E-state index contributed by atoms with van der Waals surface area (Å²) < 4.78 is 1.65. The van der Waals surface area contributed by atoms with Gasteiger partial charge < -0.3 is 11.1 Å². The van der Waals surface area contributed by atoms with Crippen molar-refractivity contribution in [3.63, 3.8) is 0 Å². The Kier molecular flexibility index (Phi) is 5.12. The van der Waals surface area contributed by atoms with E-state index in [1.807, 2.05) is 12.1 Å². The number of primary amides is 1. The largest absolute Gasteiger partial charge is 0.364 e. The Bertz CT molecular complexity index is 1350. The van der Waals surface area contributed by atoms with Crippen molar-refractivity contribution in [1.82, 2.24) is 20.0 Å². The van der Waals surface area contributed by atoms with Gasteiger partial charge in [0.25, 0.3) is 11.8 Å². The summed E-state index contributed by atoms with van der Waals surface area (Å²) in [6.07, 6.45) is 0. The number of pyridine rings is 1. The summed E-state index contributed by atoms with van der Waals surface area (Å²) in [6, 6.07) is 17.6. The molecule has 4 aromatic rings. The fraction of sp³-hybridized carbons (Fsp3) is 0.0909. The lowest BCUT2D eigenvalue weighted by Gasteiger charge is -2.09.